The van der Waals surface area contributed by atoms with Crippen LogP contribution in [0.3, 0.4) is 0 Å². The molecule has 6 aromatic carbocycles. The molecule has 0 amide bonds. The van der Waals surface area contributed by atoms with Gasteiger partial charge in [-0.25, -0.2) is 0 Å². The van der Waals surface area contributed by atoms with E-state index < -0.39 is 6.85 Å². The maximum atomic E-state index is 9.10. The summed E-state index contributed by atoms with van der Waals surface area (Å²) >= 11 is 0. The van der Waals surface area contributed by atoms with Gasteiger partial charge in [-0.3, -0.25) is 0 Å². The fraction of sp³-hybridized carbons (Fsp3) is 0.400. The Morgan fingerprint density at radius 1 is 0.492 bits per heavy atom. The van der Waals surface area contributed by atoms with Crippen LogP contribution in [0.2, 0.25) is 0 Å². The first-order chi connectivity index (χ1) is 30.5. The van der Waals surface area contributed by atoms with Crippen LogP contribution in [0.4, 0.5) is 34.1 Å². The molecule has 0 radical (unpaired) electrons. The monoisotopic (exact) mass is 832 g/mol. The normalized spacial score (nSPS) is 19.3. The average molecular weight is 832 g/mol. The lowest BCUT2D eigenvalue weighted by Crippen LogP contribution is -2.62. The minimum atomic E-state index is -2.35. The van der Waals surface area contributed by atoms with E-state index in [4.69, 9.17) is 4.11 Å². The van der Waals surface area contributed by atoms with Crippen molar-refractivity contribution in [1.29, 1.82) is 0 Å². The summed E-state index contributed by atoms with van der Waals surface area (Å²) in [7, 11) is 0. The molecular formula is C60H69BN2. The molecule has 2 aliphatic heterocycles. The largest absolute Gasteiger partial charge is 0.311 e. The number of rotatable bonds is 2. The molecule has 0 aromatic heterocycles. The van der Waals surface area contributed by atoms with Gasteiger partial charge in [-0.05, 0) is 163 Å². The van der Waals surface area contributed by atoms with Gasteiger partial charge in [-0.15, -0.1) is 0 Å². The Morgan fingerprint density at radius 2 is 1.00 bits per heavy atom. The van der Waals surface area contributed by atoms with Crippen molar-refractivity contribution in [1.82, 2.24) is 0 Å². The van der Waals surface area contributed by atoms with E-state index >= 15 is 0 Å². The molecule has 0 N–H and O–H groups in total. The van der Waals surface area contributed by atoms with Crippen LogP contribution >= 0.6 is 0 Å². The van der Waals surface area contributed by atoms with Gasteiger partial charge in [0, 0.05) is 49.1 Å². The smallest absolute Gasteiger partial charge is 0.252 e. The van der Waals surface area contributed by atoms with Gasteiger partial charge < -0.3 is 9.80 Å². The summed E-state index contributed by atoms with van der Waals surface area (Å²) in [6.45, 7) is 32.6. The Labute approximate surface area is 384 Å². The van der Waals surface area contributed by atoms with Gasteiger partial charge in [-0.2, -0.15) is 0 Å². The van der Waals surface area contributed by atoms with E-state index in [-0.39, 0.29) is 39.2 Å². The van der Waals surface area contributed by atoms with Gasteiger partial charge in [0.1, 0.15) is 0 Å². The predicted molar refractivity (Wildman–Crippen MR) is 273 cm³/mol. The van der Waals surface area contributed by atoms with Crippen molar-refractivity contribution in [2.75, 3.05) is 9.80 Å². The Bertz CT molecular complexity index is 3010. The Morgan fingerprint density at radius 3 is 1.57 bits per heavy atom. The number of nitrogens with zero attached hydrogens (tertiary/aromatic N) is 2. The quantitative estimate of drug-likeness (QED) is 0.160. The van der Waals surface area contributed by atoms with Gasteiger partial charge in [0.2, 0.25) is 0 Å². The minimum absolute atomic E-state index is 0.0197. The zero-order valence-electron chi connectivity index (χ0n) is 43.7. The van der Waals surface area contributed by atoms with E-state index in [1.54, 1.807) is 0 Å². The highest BCUT2D eigenvalue weighted by atomic mass is 15.2. The second-order valence-corrected chi connectivity index (χ2v) is 24.1. The van der Waals surface area contributed by atoms with Crippen molar-refractivity contribution in [2.45, 2.75) is 156 Å². The van der Waals surface area contributed by atoms with Crippen LogP contribution in [0.5, 0.6) is 0 Å². The molecule has 6 aromatic rings. The highest BCUT2D eigenvalue weighted by Gasteiger charge is 2.49. The third-order valence-electron chi connectivity index (χ3n) is 16.1. The standard InChI is InChI=1S/C60H69BN2/c1-36-29-52-54-53(30-36)63(50-34-44-43(31-37(50)2)57(9,10)27-28-58(44,11)12)51-35-46-45(59(13,14)41-19-17-18-20-42(41)60(46,15)16)33-48(51)61(54)47-32-39(56(6,7)8)23-26-49(47)62(52)40-24-21-38(22-25-40)55(3,4)5/h17-26,29-35H,27-28H2,1-16H3/i1D3. The van der Waals surface area contributed by atoms with Crippen LogP contribution in [0.15, 0.2) is 103 Å². The molecule has 10 rings (SSSR count). The Kier molecular flexibility index (Phi) is 8.10. The predicted octanol–water partition coefficient (Wildman–Crippen LogP) is 14.3. The van der Waals surface area contributed by atoms with Crippen molar-refractivity contribution >= 4 is 57.2 Å². The number of aryl methyl sites for hydroxylation is 2. The minimum Gasteiger partial charge on any atom is -0.311 e. The van der Waals surface area contributed by atoms with Gasteiger partial charge in [0.25, 0.3) is 6.71 Å². The van der Waals surface area contributed by atoms with Crippen LogP contribution in [0.25, 0.3) is 0 Å². The van der Waals surface area contributed by atoms with Crippen molar-refractivity contribution in [3.05, 3.63) is 159 Å². The fourth-order valence-corrected chi connectivity index (χ4v) is 12.0. The SMILES string of the molecule is [2H]C([2H])([2H])c1cc2c3c(c1)N(c1cc4c(cc1C)C(C)(C)CCC4(C)C)c1cc4c(cc1B3c1cc(C(C)(C)C)ccc1N2c1ccc(C(C)(C)C)cc1)C(C)(C)c1ccccc1C4(C)C. The number of benzene rings is 6. The zero-order chi connectivity index (χ0) is 47.6. The highest BCUT2D eigenvalue weighted by molar-refractivity contribution is 7.00. The topological polar surface area (TPSA) is 6.48 Å². The summed E-state index contributed by atoms with van der Waals surface area (Å²) in [5.74, 6) is 0. The number of hydrogen-bond donors (Lipinski definition) is 0. The molecular weight excluding hydrogens is 759 g/mol. The molecule has 0 spiro atoms. The molecule has 63 heavy (non-hydrogen) atoms. The van der Waals surface area contributed by atoms with Gasteiger partial charge >= 0.3 is 0 Å². The van der Waals surface area contributed by atoms with Gasteiger partial charge in [0.05, 0.1) is 0 Å². The first-order valence-corrected chi connectivity index (χ1v) is 23.5. The van der Waals surface area contributed by atoms with E-state index in [0.29, 0.717) is 5.56 Å². The molecule has 0 fully saturated rings. The summed E-state index contributed by atoms with van der Waals surface area (Å²) < 4.78 is 27.3. The molecule has 2 nitrogen and oxygen atoms in total. The summed E-state index contributed by atoms with van der Waals surface area (Å²) in [5, 5.41) is 0. The first-order valence-electron chi connectivity index (χ1n) is 25.0. The lowest BCUT2D eigenvalue weighted by Gasteiger charge is -2.49. The van der Waals surface area contributed by atoms with Crippen LogP contribution in [-0.2, 0) is 32.5 Å². The van der Waals surface area contributed by atoms with Crippen molar-refractivity contribution in [3.63, 3.8) is 0 Å². The molecule has 322 valence electrons. The second-order valence-electron chi connectivity index (χ2n) is 24.1. The molecule has 2 heterocycles. The third-order valence-corrected chi connectivity index (χ3v) is 16.1. The van der Waals surface area contributed by atoms with Crippen molar-refractivity contribution in [2.24, 2.45) is 0 Å². The highest BCUT2D eigenvalue weighted by Crippen LogP contribution is 2.54. The summed E-state index contributed by atoms with van der Waals surface area (Å²) in [4.78, 5) is 4.87. The summed E-state index contributed by atoms with van der Waals surface area (Å²) in [6, 6.07) is 39.2. The Balaban J connectivity index is 1.37. The molecule has 3 heteroatoms. The number of hydrogen-bond acceptors (Lipinski definition) is 2. The Hall–Kier alpha value is -5.02. The molecule has 0 atom stereocenters. The van der Waals surface area contributed by atoms with E-state index in [1.165, 1.54) is 61.0 Å². The molecule has 0 saturated carbocycles. The average Bonchev–Trinajstić information content (AvgIpc) is 3.23. The first kappa shape index (κ1) is 38.4. The van der Waals surface area contributed by atoms with Gasteiger partial charge in [0.15, 0.2) is 0 Å². The zero-order valence-corrected chi connectivity index (χ0v) is 40.7. The van der Waals surface area contributed by atoms with Crippen molar-refractivity contribution in [3.8, 4) is 0 Å². The number of anilines is 6. The lowest BCUT2D eigenvalue weighted by atomic mass is 9.33. The van der Waals surface area contributed by atoms with Crippen LogP contribution < -0.4 is 26.2 Å². The maximum absolute atomic E-state index is 9.10. The molecule has 0 saturated heterocycles. The molecule has 2 aliphatic carbocycles. The van der Waals surface area contributed by atoms with E-state index in [9.17, 15) is 0 Å². The van der Waals surface area contributed by atoms with Crippen LogP contribution in [0.1, 0.15) is 170 Å². The summed E-state index contributed by atoms with van der Waals surface area (Å²) in [5.41, 5.74) is 21.5. The fourth-order valence-electron chi connectivity index (χ4n) is 12.0. The number of fused-ring (bicyclic) bond motifs is 7. The van der Waals surface area contributed by atoms with E-state index in [1.807, 2.05) is 12.1 Å². The maximum Gasteiger partial charge on any atom is 0.252 e. The van der Waals surface area contributed by atoms with Crippen molar-refractivity contribution < 1.29 is 4.11 Å². The summed E-state index contributed by atoms with van der Waals surface area (Å²) in [6.07, 6.45) is 2.24. The molecule has 0 bridgehead atoms. The molecule has 0 unspecified atom stereocenters. The van der Waals surface area contributed by atoms with Crippen LogP contribution in [0, 0.1) is 13.8 Å². The van der Waals surface area contributed by atoms with E-state index in [2.05, 4.69) is 205 Å². The van der Waals surface area contributed by atoms with Gasteiger partial charge in [-0.1, -0.05) is 158 Å². The second kappa shape index (κ2) is 13.3. The van der Waals surface area contributed by atoms with Crippen LogP contribution in [-0.4, -0.2) is 6.71 Å². The van der Waals surface area contributed by atoms with E-state index in [0.717, 1.165) is 52.4 Å². The molecule has 4 aliphatic rings. The third kappa shape index (κ3) is 6.11. The lowest BCUT2D eigenvalue weighted by molar-refractivity contribution is 0.332.